The van der Waals surface area contributed by atoms with Crippen LogP contribution in [-0.2, 0) is 9.53 Å². The number of carbonyl (C=O) groups is 2. The molecule has 1 unspecified atom stereocenters. The maximum absolute atomic E-state index is 11.0. The molecule has 1 atom stereocenters. The predicted octanol–water partition coefficient (Wildman–Crippen LogP) is 0.558. The van der Waals surface area contributed by atoms with Crippen molar-refractivity contribution in [2.45, 2.75) is 6.10 Å². The number of benzene rings is 1. The molecule has 0 aliphatic rings. The minimum absolute atomic E-state index is 0.0933. The number of hydrogen-bond acceptors (Lipinski definition) is 3. The third-order valence-corrected chi connectivity index (χ3v) is 1.93. The van der Waals surface area contributed by atoms with E-state index in [1.807, 2.05) is 0 Å². The van der Waals surface area contributed by atoms with E-state index in [0.717, 1.165) is 0 Å². The Kier molecular flexibility index (Phi) is 3.41. The molecule has 1 aromatic carbocycles. The molecule has 0 aliphatic heterocycles. The van der Waals surface area contributed by atoms with Gasteiger partial charge in [-0.15, -0.1) is 0 Å². The average molecular weight is 209 g/mol. The fourth-order valence-corrected chi connectivity index (χ4v) is 1.25. The molecule has 0 fully saturated rings. The van der Waals surface area contributed by atoms with E-state index in [1.54, 1.807) is 6.07 Å². The lowest BCUT2D eigenvalue weighted by molar-refractivity contribution is -0.128. The molecule has 0 aromatic heterocycles. The topological polar surface area (TPSA) is 89.6 Å². The van der Waals surface area contributed by atoms with Gasteiger partial charge in [-0.25, -0.2) is 4.79 Å². The summed E-state index contributed by atoms with van der Waals surface area (Å²) in [5.41, 5.74) is 5.62. The summed E-state index contributed by atoms with van der Waals surface area (Å²) in [6, 6.07) is 5.92. The van der Waals surface area contributed by atoms with Crippen molar-refractivity contribution in [3.63, 3.8) is 0 Å². The molecule has 0 saturated carbocycles. The van der Waals surface area contributed by atoms with Crippen molar-refractivity contribution in [3.05, 3.63) is 35.4 Å². The molecule has 0 bridgehead atoms. The Hall–Kier alpha value is -1.88. The lowest BCUT2D eigenvalue weighted by Gasteiger charge is -2.11. The zero-order valence-corrected chi connectivity index (χ0v) is 8.14. The minimum Gasteiger partial charge on any atom is -0.478 e. The van der Waals surface area contributed by atoms with Crippen LogP contribution < -0.4 is 5.73 Å². The fourth-order valence-electron chi connectivity index (χ4n) is 1.25. The highest BCUT2D eigenvalue weighted by atomic mass is 16.5. The summed E-state index contributed by atoms with van der Waals surface area (Å²) in [6.07, 6.45) is -0.913. The summed E-state index contributed by atoms with van der Waals surface area (Å²) in [5, 5.41) is 8.75. The molecule has 0 aliphatic carbocycles. The largest absolute Gasteiger partial charge is 0.478 e. The van der Waals surface area contributed by atoms with Crippen molar-refractivity contribution in [2.24, 2.45) is 5.73 Å². The van der Waals surface area contributed by atoms with E-state index < -0.39 is 18.0 Å². The number of rotatable bonds is 4. The maximum Gasteiger partial charge on any atom is 0.335 e. The molecule has 0 heterocycles. The molecule has 5 heteroatoms. The Labute approximate surface area is 86.5 Å². The van der Waals surface area contributed by atoms with Gasteiger partial charge in [-0.1, -0.05) is 12.1 Å². The van der Waals surface area contributed by atoms with Crippen LogP contribution in [0.4, 0.5) is 0 Å². The first-order valence-electron chi connectivity index (χ1n) is 4.21. The van der Waals surface area contributed by atoms with E-state index in [1.165, 1.54) is 25.3 Å². The highest BCUT2D eigenvalue weighted by Gasteiger charge is 2.17. The monoisotopic (exact) mass is 209 g/mol. The summed E-state index contributed by atoms with van der Waals surface area (Å²) >= 11 is 0. The molecule has 1 rings (SSSR count). The van der Waals surface area contributed by atoms with Gasteiger partial charge in [0.25, 0.3) is 5.91 Å². The molecule has 0 saturated heterocycles. The van der Waals surface area contributed by atoms with E-state index in [2.05, 4.69) is 0 Å². The molecule has 80 valence electrons. The van der Waals surface area contributed by atoms with Gasteiger partial charge in [-0.2, -0.15) is 0 Å². The van der Waals surface area contributed by atoms with Crippen molar-refractivity contribution in [2.75, 3.05) is 7.11 Å². The lowest BCUT2D eigenvalue weighted by atomic mass is 10.1. The summed E-state index contributed by atoms with van der Waals surface area (Å²) in [6.45, 7) is 0. The third-order valence-electron chi connectivity index (χ3n) is 1.93. The quantitative estimate of drug-likeness (QED) is 0.758. The first-order valence-corrected chi connectivity index (χ1v) is 4.21. The standard InChI is InChI=1S/C10H11NO4/c1-15-8(9(11)12)6-3-2-4-7(5-6)10(13)14/h2-5,8H,1H3,(H2,11,12)(H,13,14). The maximum atomic E-state index is 11.0. The second kappa shape index (κ2) is 4.56. The number of carbonyl (C=O) groups excluding carboxylic acids is 1. The van der Waals surface area contributed by atoms with E-state index in [4.69, 9.17) is 15.6 Å². The number of amides is 1. The second-order valence-electron chi connectivity index (χ2n) is 2.95. The normalized spacial score (nSPS) is 12.1. The molecule has 3 N–H and O–H groups in total. The molecular formula is C10H11NO4. The third kappa shape index (κ3) is 2.54. The van der Waals surface area contributed by atoms with Gasteiger partial charge >= 0.3 is 5.97 Å². The zero-order chi connectivity index (χ0) is 11.4. The van der Waals surface area contributed by atoms with Crippen LogP contribution >= 0.6 is 0 Å². The number of carboxylic acid groups (broad SMARTS) is 1. The van der Waals surface area contributed by atoms with Gasteiger partial charge in [0, 0.05) is 7.11 Å². The molecule has 15 heavy (non-hydrogen) atoms. The zero-order valence-electron chi connectivity index (χ0n) is 8.14. The van der Waals surface area contributed by atoms with E-state index in [-0.39, 0.29) is 5.56 Å². The molecule has 5 nitrogen and oxygen atoms in total. The minimum atomic E-state index is -1.06. The van der Waals surface area contributed by atoms with Crippen molar-refractivity contribution in [1.29, 1.82) is 0 Å². The first kappa shape index (κ1) is 11.2. The highest BCUT2D eigenvalue weighted by molar-refractivity contribution is 5.88. The predicted molar refractivity (Wildman–Crippen MR) is 52.3 cm³/mol. The number of hydrogen-bond donors (Lipinski definition) is 2. The molecule has 0 spiro atoms. The smallest absolute Gasteiger partial charge is 0.335 e. The van der Waals surface area contributed by atoms with Crippen molar-refractivity contribution in [1.82, 2.24) is 0 Å². The molecule has 1 amide bonds. The Morgan fingerprint density at radius 2 is 2.13 bits per heavy atom. The number of carboxylic acids is 1. The van der Waals surface area contributed by atoms with E-state index >= 15 is 0 Å². The summed E-state index contributed by atoms with van der Waals surface area (Å²) in [5.74, 6) is -1.71. The van der Waals surface area contributed by atoms with Crippen LogP contribution in [0.2, 0.25) is 0 Å². The van der Waals surface area contributed by atoms with Gasteiger partial charge in [0.2, 0.25) is 0 Å². The van der Waals surface area contributed by atoms with E-state index in [0.29, 0.717) is 5.56 Å². The SMILES string of the molecule is COC(C(N)=O)c1cccc(C(=O)O)c1. The summed E-state index contributed by atoms with van der Waals surface area (Å²) < 4.78 is 4.87. The van der Waals surface area contributed by atoms with Crippen molar-refractivity contribution in [3.8, 4) is 0 Å². The number of aromatic carboxylic acids is 1. The van der Waals surface area contributed by atoms with Gasteiger partial charge in [-0.3, -0.25) is 4.79 Å². The van der Waals surface area contributed by atoms with Crippen molar-refractivity contribution >= 4 is 11.9 Å². The summed E-state index contributed by atoms with van der Waals surface area (Å²) in [7, 11) is 1.34. The Morgan fingerprint density at radius 3 is 2.60 bits per heavy atom. The van der Waals surface area contributed by atoms with E-state index in [9.17, 15) is 9.59 Å². The second-order valence-corrected chi connectivity index (χ2v) is 2.95. The lowest BCUT2D eigenvalue weighted by Crippen LogP contribution is -2.23. The molecule has 0 radical (unpaired) electrons. The number of methoxy groups -OCH3 is 1. The van der Waals surface area contributed by atoms with Crippen LogP contribution in [0.1, 0.15) is 22.0 Å². The molecule has 1 aromatic rings. The van der Waals surface area contributed by atoms with Crippen LogP contribution in [0.15, 0.2) is 24.3 Å². The van der Waals surface area contributed by atoms with Gasteiger partial charge in [-0.05, 0) is 17.7 Å². The van der Waals surface area contributed by atoms with Gasteiger partial charge in [0.15, 0.2) is 6.10 Å². The van der Waals surface area contributed by atoms with Crippen molar-refractivity contribution < 1.29 is 19.4 Å². The number of primary amides is 1. The average Bonchev–Trinajstić information content (AvgIpc) is 2.18. The molecular weight excluding hydrogens is 198 g/mol. The number of nitrogens with two attached hydrogens (primary N) is 1. The Balaban J connectivity index is 3.08. The van der Waals surface area contributed by atoms with Crippen LogP contribution in [0.3, 0.4) is 0 Å². The van der Waals surface area contributed by atoms with Gasteiger partial charge in [0.1, 0.15) is 0 Å². The Morgan fingerprint density at radius 1 is 1.47 bits per heavy atom. The van der Waals surface area contributed by atoms with Gasteiger partial charge in [0.05, 0.1) is 5.56 Å². The van der Waals surface area contributed by atoms with Crippen LogP contribution in [0.25, 0.3) is 0 Å². The van der Waals surface area contributed by atoms with Gasteiger partial charge < -0.3 is 15.6 Å². The van der Waals surface area contributed by atoms with Crippen LogP contribution in [0.5, 0.6) is 0 Å². The van der Waals surface area contributed by atoms with Crippen LogP contribution in [0, 0.1) is 0 Å². The Bertz CT molecular complexity index is 389. The summed E-state index contributed by atoms with van der Waals surface area (Å²) in [4.78, 5) is 21.6. The highest BCUT2D eigenvalue weighted by Crippen LogP contribution is 2.17. The first-order chi connectivity index (χ1) is 7.06. The van der Waals surface area contributed by atoms with Crippen LogP contribution in [-0.4, -0.2) is 24.1 Å². The fraction of sp³-hybridized carbons (Fsp3) is 0.200. The number of ether oxygens (including phenoxy) is 1.